The lowest BCUT2D eigenvalue weighted by molar-refractivity contribution is 0.526. The number of benzene rings is 1. The molecule has 0 fully saturated rings. The maximum absolute atomic E-state index is 4.78. The van der Waals surface area contributed by atoms with Gasteiger partial charge in [-0.15, -0.1) is 0 Å². The summed E-state index contributed by atoms with van der Waals surface area (Å²) in [5, 5.41) is 3.41. The summed E-state index contributed by atoms with van der Waals surface area (Å²) >= 11 is 0. The average Bonchev–Trinajstić information content (AvgIpc) is 2.79. The Morgan fingerprint density at radius 1 is 1.29 bits per heavy atom. The molecule has 0 bridgehead atoms. The van der Waals surface area contributed by atoms with Crippen molar-refractivity contribution in [2.24, 2.45) is 7.05 Å². The van der Waals surface area contributed by atoms with Crippen LogP contribution in [0, 0.1) is 0 Å². The number of fused-ring (bicyclic) bond motifs is 2. The van der Waals surface area contributed by atoms with Crippen LogP contribution >= 0.6 is 0 Å². The van der Waals surface area contributed by atoms with E-state index in [9.17, 15) is 0 Å². The summed E-state index contributed by atoms with van der Waals surface area (Å²) in [6, 6.07) is 4.47. The number of hydrogen-bond donors (Lipinski definition) is 1. The van der Waals surface area contributed by atoms with Crippen LogP contribution in [-0.4, -0.2) is 16.1 Å². The molecule has 1 aliphatic heterocycles. The maximum atomic E-state index is 4.78. The third-order valence-electron chi connectivity index (χ3n) is 3.49. The summed E-state index contributed by atoms with van der Waals surface area (Å²) in [6.45, 7) is 7.68. The molecule has 3 heteroatoms. The number of hydrogen-bond acceptors (Lipinski definition) is 2. The van der Waals surface area contributed by atoms with Gasteiger partial charge in [0.15, 0.2) is 0 Å². The van der Waals surface area contributed by atoms with Crippen LogP contribution in [0.3, 0.4) is 0 Å². The average molecular weight is 229 g/mol. The number of rotatable bonds is 0. The van der Waals surface area contributed by atoms with E-state index in [1.807, 2.05) is 0 Å². The predicted molar refractivity (Wildman–Crippen MR) is 71.6 cm³/mol. The van der Waals surface area contributed by atoms with Gasteiger partial charge in [-0.1, -0.05) is 20.8 Å². The first-order valence-corrected chi connectivity index (χ1v) is 6.20. The van der Waals surface area contributed by atoms with Gasteiger partial charge >= 0.3 is 0 Å². The van der Waals surface area contributed by atoms with Gasteiger partial charge in [0, 0.05) is 24.7 Å². The van der Waals surface area contributed by atoms with Crippen LogP contribution in [0.15, 0.2) is 12.1 Å². The smallest absolute Gasteiger partial charge is 0.115 e. The lowest BCUT2D eigenvalue weighted by Gasteiger charge is -2.17. The molecule has 0 saturated heterocycles. The van der Waals surface area contributed by atoms with Crippen molar-refractivity contribution in [2.45, 2.75) is 32.6 Å². The Morgan fingerprint density at radius 3 is 2.76 bits per heavy atom. The van der Waals surface area contributed by atoms with Gasteiger partial charge in [0.25, 0.3) is 0 Å². The van der Waals surface area contributed by atoms with Crippen LogP contribution in [0.5, 0.6) is 0 Å². The molecule has 2 aromatic rings. The largest absolute Gasteiger partial charge is 0.384 e. The summed E-state index contributed by atoms with van der Waals surface area (Å²) in [5.41, 5.74) is 5.12. The van der Waals surface area contributed by atoms with E-state index in [4.69, 9.17) is 4.98 Å². The molecule has 17 heavy (non-hydrogen) atoms. The van der Waals surface area contributed by atoms with Gasteiger partial charge in [0.05, 0.1) is 11.0 Å². The van der Waals surface area contributed by atoms with Crippen molar-refractivity contribution in [1.82, 2.24) is 9.55 Å². The molecule has 0 radical (unpaired) electrons. The van der Waals surface area contributed by atoms with E-state index in [1.54, 1.807) is 0 Å². The SMILES string of the molecule is Cn1c(C(C)(C)C)nc2cc3c(cc21)CCN3. The zero-order chi connectivity index (χ0) is 12.2. The van der Waals surface area contributed by atoms with Crippen LogP contribution in [0.25, 0.3) is 11.0 Å². The highest BCUT2D eigenvalue weighted by molar-refractivity contribution is 5.83. The Bertz CT molecular complexity index is 588. The van der Waals surface area contributed by atoms with Gasteiger partial charge in [0.1, 0.15) is 5.82 Å². The van der Waals surface area contributed by atoms with Crippen LogP contribution < -0.4 is 5.32 Å². The van der Waals surface area contributed by atoms with Crippen molar-refractivity contribution in [3.8, 4) is 0 Å². The van der Waals surface area contributed by atoms with Crippen LogP contribution in [0.1, 0.15) is 32.2 Å². The van der Waals surface area contributed by atoms with E-state index in [0.29, 0.717) is 0 Å². The lowest BCUT2D eigenvalue weighted by Crippen LogP contribution is -2.17. The predicted octanol–water partition coefficient (Wildman–Crippen LogP) is 2.84. The topological polar surface area (TPSA) is 29.9 Å². The van der Waals surface area contributed by atoms with Gasteiger partial charge < -0.3 is 9.88 Å². The number of nitrogens with one attached hydrogen (secondary N) is 1. The molecule has 0 amide bonds. The molecule has 3 nitrogen and oxygen atoms in total. The molecule has 90 valence electrons. The third-order valence-corrected chi connectivity index (χ3v) is 3.49. The van der Waals surface area contributed by atoms with E-state index in [-0.39, 0.29) is 5.41 Å². The Labute approximate surface area is 102 Å². The molecule has 0 aliphatic carbocycles. The van der Waals surface area contributed by atoms with Crippen LogP contribution in [0.2, 0.25) is 0 Å². The number of imidazole rings is 1. The van der Waals surface area contributed by atoms with E-state index < -0.39 is 0 Å². The second-order valence-electron chi connectivity index (χ2n) is 5.92. The molecule has 0 atom stereocenters. The molecule has 1 aromatic carbocycles. The summed E-state index contributed by atoms with van der Waals surface area (Å²) in [5.74, 6) is 1.15. The number of aryl methyl sites for hydroxylation is 1. The summed E-state index contributed by atoms with van der Waals surface area (Å²) in [6.07, 6.45) is 1.13. The molecular formula is C14H19N3. The molecule has 0 unspecified atom stereocenters. The van der Waals surface area contributed by atoms with E-state index in [2.05, 4.69) is 49.8 Å². The minimum absolute atomic E-state index is 0.0889. The molecule has 0 saturated carbocycles. The molecule has 2 heterocycles. The van der Waals surface area contributed by atoms with Gasteiger partial charge in [-0.25, -0.2) is 4.98 Å². The molecule has 3 rings (SSSR count). The number of aromatic nitrogens is 2. The first kappa shape index (κ1) is 10.6. The second kappa shape index (κ2) is 3.25. The highest BCUT2D eigenvalue weighted by Crippen LogP contribution is 2.31. The lowest BCUT2D eigenvalue weighted by atomic mass is 9.96. The quantitative estimate of drug-likeness (QED) is 0.753. The summed E-state index contributed by atoms with van der Waals surface area (Å²) in [4.78, 5) is 4.78. The Balaban J connectivity index is 2.28. The van der Waals surface area contributed by atoms with Crippen LogP contribution in [-0.2, 0) is 18.9 Å². The second-order valence-corrected chi connectivity index (χ2v) is 5.92. The fourth-order valence-electron chi connectivity index (χ4n) is 2.66. The normalized spacial score (nSPS) is 15.1. The first-order valence-electron chi connectivity index (χ1n) is 6.20. The van der Waals surface area contributed by atoms with Gasteiger partial charge in [-0.2, -0.15) is 0 Å². The Hall–Kier alpha value is -1.51. The van der Waals surface area contributed by atoms with Crippen molar-refractivity contribution in [2.75, 3.05) is 11.9 Å². The van der Waals surface area contributed by atoms with Crippen LogP contribution in [0.4, 0.5) is 5.69 Å². The fraction of sp³-hybridized carbons (Fsp3) is 0.500. The molecule has 1 aromatic heterocycles. The number of nitrogens with zero attached hydrogens (tertiary/aromatic N) is 2. The van der Waals surface area contributed by atoms with Crippen molar-refractivity contribution in [1.29, 1.82) is 0 Å². The van der Waals surface area contributed by atoms with Crippen molar-refractivity contribution < 1.29 is 0 Å². The zero-order valence-electron chi connectivity index (χ0n) is 11.0. The van der Waals surface area contributed by atoms with E-state index in [0.717, 1.165) is 24.3 Å². The Morgan fingerprint density at radius 2 is 2.06 bits per heavy atom. The van der Waals surface area contributed by atoms with Crippen molar-refractivity contribution in [3.63, 3.8) is 0 Å². The zero-order valence-corrected chi connectivity index (χ0v) is 11.0. The number of anilines is 1. The third kappa shape index (κ3) is 1.53. The maximum Gasteiger partial charge on any atom is 0.115 e. The van der Waals surface area contributed by atoms with Gasteiger partial charge in [0.2, 0.25) is 0 Å². The molecule has 1 N–H and O–H groups in total. The van der Waals surface area contributed by atoms with E-state index in [1.165, 1.54) is 16.8 Å². The Kier molecular flexibility index (Phi) is 2.03. The molecular weight excluding hydrogens is 210 g/mol. The monoisotopic (exact) mass is 229 g/mol. The fourth-order valence-corrected chi connectivity index (χ4v) is 2.66. The van der Waals surface area contributed by atoms with E-state index >= 15 is 0 Å². The summed E-state index contributed by atoms with van der Waals surface area (Å²) < 4.78 is 2.23. The minimum Gasteiger partial charge on any atom is -0.384 e. The molecule has 0 spiro atoms. The highest BCUT2D eigenvalue weighted by atomic mass is 15.1. The van der Waals surface area contributed by atoms with Crippen molar-refractivity contribution in [3.05, 3.63) is 23.5 Å². The highest BCUT2D eigenvalue weighted by Gasteiger charge is 2.22. The standard InChI is InChI=1S/C14H19N3/c1-14(2,3)13-16-11-8-10-9(5-6-15-10)7-12(11)17(13)4/h7-8,15H,5-6H2,1-4H3. The first-order chi connectivity index (χ1) is 7.97. The van der Waals surface area contributed by atoms with Gasteiger partial charge in [-0.3, -0.25) is 0 Å². The molecule has 1 aliphatic rings. The minimum atomic E-state index is 0.0889. The summed E-state index contributed by atoms with van der Waals surface area (Å²) in [7, 11) is 2.12. The van der Waals surface area contributed by atoms with Crippen molar-refractivity contribution >= 4 is 16.7 Å². The van der Waals surface area contributed by atoms with Gasteiger partial charge in [-0.05, 0) is 24.1 Å².